The molecule has 0 spiro atoms. The number of hydrogen-bond donors (Lipinski definition) is 2. The van der Waals surface area contributed by atoms with Gasteiger partial charge in [0, 0.05) is 32.6 Å². The largest absolute Gasteiger partial charge is 0.377 e. The summed E-state index contributed by atoms with van der Waals surface area (Å²) in [5.74, 6) is -0.597. The van der Waals surface area contributed by atoms with E-state index in [1.807, 2.05) is 67.7 Å². The lowest BCUT2D eigenvalue weighted by Crippen LogP contribution is -2.56. The van der Waals surface area contributed by atoms with E-state index >= 15 is 4.39 Å². The summed E-state index contributed by atoms with van der Waals surface area (Å²) in [6.07, 6.45) is 1.68. The number of urea groups is 1. The Morgan fingerprint density at radius 3 is 2.02 bits per heavy atom. The lowest BCUT2D eigenvalue weighted by molar-refractivity contribution is -0.123. The number of likely N-dealkylation sites (N-methyl/N-ethyl adjacent to an activating group) is 1. The molecule has 1 aliphatic heterocycles. The minimum Gasteiger partial charge on any atom is -0.377 e. The molecular formula is C32H37FN4O5S. The Bertz CT molecular complexity index is 1470. The fourth-order valence-electron chi connectivity index (χ4n) is 4.64. The van der Waals surface area contributed by atoms with Crippen molar-refractivity contribution >= 4 is 22.1 Å². The van der Waals surface area contributed by atoms with Crippen molar-refractivity contribution in [2.24, 2.45) is 0 Å². The standard InChI is InChI=1S/C32H37FN4O5S/c1-36-19-21-37(22-20-36)32(39)35-29(23-26-13-7-3-8-14-26)31(38)34-27(18-17-25-11-5-2-6-12-25)24-30(33)43(40,41)42-28-15-9-4-10-16-28/h2-16,24,27,29H,17-23H2,1H3,(H,34,38)(H,35,39)/b30-24+/t27-,29-/m0/s1. The van der Waals surface area contributed by atoms with Crippen LogP contribution < -0.4 is 14.8 Å². The maximum absolute atomic E-state index is 15.2. The van der Waals surface area contributed by atoms with Gasteiger partial charge in [-0.2, -0.15) is 12.8 Å². The van der Waals surface area contributed by atoms with Gasteiger partial charge in [-0.1, -0.05) is 78.9 Å². The minimum absolute atomic E-state index is 0.0366. The Balaban J connectivity index is 1.54. The third-order valence-electron chi connectivity index (χ3n) is 7.12. The normalized spacial score (nSPS) is 15.8. The van der Waals surface area contributed by atoms with E-state index in [0.29, 0.717) is 32.6 Å². The average molecular weight is 609 g/mol. The summed E-state index contributed by atoms with van der Waals surface area (Å²) in [5.41, 5.74) is 1.76. The zero-order valence-electron chi connectivity index (χ0n) is 24.1. The van der Waals surface area contributed by atoms with Crippen molar-refractivity contribution in [3.63, 3.8) is 0 Å². The van der Waals surface area contributed by atoms with Gasteiger partial charge in [-0.15, -0.1) is 0 Å². The summed E-state index contributed by atoms with van der Waals surface area (Å²) < 4.78 is 45.5. The molecule has 1 saturated heterocycles. The van der Waals surface area contributed by atoms with Gasteiger partial charge in [0.05, 0.1) is 6.04 Å². The SMILES string of the molecule is CN1CCN(C(=O)N[C@@H](Cc2ccccc2)C(=O)N[C@H](/C=C(\F)S(=O)(=O)Oc2ccccc2)CCc2ccccc2)CC1. The topological polar surface area (TPSA) is 108 Å². The lowest BCUT2D eigenvalue weighted by Gasteiger charge is -2.33. The van der Waals surface area contributed by atoms with Crippen LogP contribution in [0.1, 0.15) is 17.5 Å². The molecule has 4 rings (SSSR count). The Morgan fingerprint density at radius 1 is 0.860 bits per heavy atom. The van der Waals surface area contributed by atoms with Crippen LogP contribution in [-0.4, -0.2) is 75.5 Å². The molecule has 3 aromatic rings. The van der Waals surface area contributed by atoms with Crippen LogP contribution in [0, 0.1) is 0 Å². The van der Waals surface area contributed by atoms with Crippen molar-refractivity contribution < 1.29 is 26.6 Å². The van der Waals surface area contributed by atoms with Gasteiger partial charge in [-0.05, 0) is 49.2 Å². The highest BCUT2D eigenvalue weighted by atomic mass is 32.2. The highest BCUT2D eigenvalue weighted by molar-refractivity contribution is 7.90. The Morgan fingerprint density at radius 2 is 1.42 bits per heavy atom. The first-order valence-electron chi connectivity index (χ1n) is 14.2. The molecule has 0 saturated carbocycles. The van der Waals surface area contributed by atoms with Gasteiger partial charge in [0.2, 0.25) is 5.91 Å². The number of halogens is 1. The molecule has 0 aliphatic carbocycles. The second kappa shape index (κ2) is 15.3. The summed E-state index contributed by atoms with van der Waals surface area (Å²) >= 11 is 0. The maximum Gasteiger partial charge on any atom is 0.366 e. The molecular weight excluding hydrogens is 571 g/mol. The second-order valence-corrected chi connectivity index (χ2v) is 11.9. The van der Waals surface area contributed by atoms with Crippen LogP contribution >= 0.6 is 0 Å². The molecule has 1 aliphatic rings. The van der Waals surface area contributed by atoms with Gasteiger partial charge in [0.15, 0.2) is 0 Å². The van der Waals surface area contributed by atoms with Crippen molar-refractivity contribution in [2.75, 3.05) is 33.2 Å². The van der Waals surface area contributed by atoms with E-state index in [4.69, 9.17) is 4.18 Å². The molecule has 3 aromatic carbocycles. The number of piperazine rings is 1. The molecule has 2 atom stereocenters. The highest BCUT2D eigenvalue weighted by Crippen LogP contribution is 2.19. The number of hydrogen-bond acceptors (Lipinski definition) is 6. The first-order valence-corrected chi connectivity index (χ1v) is 15.6. The smallest absolute Gasteiger partial charge is 0.366 e. The zero-order valence-corrected chi connectivity index (χ0v) is 24.9. The van der Waals surface area contributed by atoms with Crippen molar-refractivity contribution in [1.82, 2.24) is 20.4 Å². The predicted octanol–water partition coefficient (Wildman–Crippen LogP) is 3.89. The van der Waals surface area contributed by atoms with Crippen LogP contribution in [0.3, 0.4) is 0 Å². The molecule has 0 bridgehead atoms. The number of benzene rings is 3. The van der Waals surface area contributed by atoms with Gasteiger partial charge in [0.1, 0.15) is 11.8 Å². The molecule has 1 heterocycles. The first-order chi connectivity index (χ1) is 20.7. The summed E-state index contributed by atoms with van der Waals surface area (Å²) in [7, 11) is -2.79. The van der Waals surface area contributed by atoms with Gasteiger partial charge in [-0.3, -0.25) is 4.79 Å². The van der Waals surface area contributed by atoms with Gasteiger partial charge >= 0.3 is 16.1 Å². The fraction of sp³-hybridized carbons (Fsp3) is 0.312. The first kappa shape index (κ1) is 31.7. The average Bonchev–Trinajstić information content (AvgIpc) is 3.01. The number of aryl methyl sites for hydroxylation is 1. The van der Waals surface area contributed by atoms with Crippen molar-refractivity contribution in [3.05, 3.63) is 113 Å². The molecule has 1 fully saturated rings. The van der Waals surface area contributed by atoms with Crippen LogP contribution in [0.4, 0.5) is 9.18 Å². The zero-order chi connectivity index (χ0) is 30.7. The molecule has 43 heavy (non-hydrogen) atoms. The number of carbonyl (C=O) groups excluding carboxylic acids is 2. The van der Waals surface area contributed by atoms with Crippen molar-refractivity contribution in [1.29, 1.82) is 0 Å². The Labute approximate surface area is 252 Å². The molecule has 0 radical (unpaired) electrons. The van der Waals surface area contributed by atoms with Crippen LogP contribution in [0.15, 0.2) is 102 Å². The number of rotatable bonds is 12. The van der Waals surface area contributed by atoms with Crippen LogP contribution in [0.25, 0.3) is 0 Å². The number of nitrogens with zero attached hydrogens (tertiary/aromatic N) is 2. The third-order valence-corrected chi connectivity index (χ3v) is 8.15. The number of carbonyl (C=O) groups is 2. The number of para-hydroxylation sites is 1. The van der Waals surface area contributed by atoms with E-state index in [2.05, 4.69) is 15.5 Å². The monoisotopic (exact) mass is 608 g/mol. The van der Waals surface area contributed by atoms with E-state index in [1.54, 1.807) is 23.1 Å². The number of amides is 3. The molecule has 228 valence electrons. The molecule has 11 heteroatoms. The van der Waals surface area contributed by atoms with Crippen molar-refractivity contribution in [3.8, 4) is 5.75 Å². The summed E-state index contributed by atoms with van der Waals surface area (Å²) in [5, 5.41) is 4.10. The minimum atomic E-state index is -4.77. The van der Waals surface area contributed by atoms with E-state index in [0.717, 1.165) is 17.2 Å². The summed E-state index contributed by atoms with van der Waals surface area (Å²) in [6.45, 7) is 2.48. The Kier molecular flexibility index (Phi) is 11.3. The maximum atomic E-state index is 15.2. The van der Waals surface area contributed by atoms with Gasteiger partial charge in [-0.25, -0.2) is 4.79 Å². The van der Waals surface area contributed by atoms with Crippen LogP contribution in [0.2, 0.25) is 0 Å². The predicted molar refractivity (Wildman–Crippen MR) is 163 cm³/mol. The second-order valence-electron chi connectivity index (χ2n) is 10.4. The number of nitrogens with one attached hydrogen (secondary N) is 2. The summed E-state index contributed by atoms with van der Waals surface area (Å²) in [6, 6.07) is 23.8. The fourth-order valence-corrected chi connectivity index (χ4v) is 5.42. The van der Waals surface area contributed by atoms with E-state index in [-0.39, 0.29) is 24.6 Å². The molecule has 0 aromatic heterocycles. The van der Waals surface area contributed by atoms with Gasteiger partial charge in [0.25, 0.3) is 5.16 Å². The van der Waals surface area contributed by atoms with Crippen LogP contribution in [0.5, 0.6) is 5.75 Å². The third kappa shape index (κ3) is 9.93. The van der Waals surface area contributed by atoms with E-state index in [1.165, 1.54) is 12.1 Å². The summed E-state index contributed by atoms with van der Waals surface area (Å²) in [4.78, 5) is 30.6. The van der Waals surface area contributed by atoms with E-state index < -0.39 is 33.3 Å². The van der Waals surface area contributed by atoms with Gasteiger partial charge < -0.3 is 24.6 Å². The Hall–Kier alpha value is -4.22. The van der Waals surface area contributed by atoms with Crippen molar-refractivity contribution in [2.45, 2.75) is 31.3 Å². The molecule has 9 nitrogen and oxygen atoms in total. The molecule has 2 N–H and O–H groups in total. The lowest BCUT2D eigenvalue weighted by atomic mass is 10.0. The quantitative estimate of drug-likeness (QED) is 0.302. The molecule has 3 amide bonds. The van der Waals surface area contributed by atoms with Crippen LogP contribution in [-0.2, 0) is 27.8 Å². The molecule has 0 unspecified atom stereocenters. The highest BCUT2D eigenvalue weighted by Gasteiger charge is 2.28. The van der Waals surface area contributed by atoms with E-state index in [9.17, 15) is 18.0 Å².